The number of hydrogen-bond donors (Lipinski definition) is 2. The molecule has 1 aliphatic heterocycles. The molecule has 6 rings (SSSR count). The zero-order valence-corrected chi connectivity index (χ0v) is 17.2. The fraction of sp³-hybridized carbons (Fsp3) is 0.174. The molecule has 0 spiro atoms. The SMILES string of the molecule is Nc1ncnc2c1c(-c1cnc3[nH]ccc3c1)nn2Cc1ccc2c(c1)CCN(C=O)C2. The van der Waals surface area contributed by atoms with Gasteiger partial charge in [-0.05, 0) is 35.2 Å². The van der Waals surface area contributed by atoms with Crippen molar-refractivity contribution < 1.29 is 4.79 Å². The molecule has 0 fully saturated rings. The van der Waals surface area contributed by atoms with Crippen LogP contribution >= 0.6 is 0 Å². The van der Waals surface area contributed by atoms with Crippen LogP contribution < -0.4 is 5.73 Å². The molecule has 0 atom stereocenters. The molecule has 1 aromatic carbocycles. The molecule has 32 heavy (non-hydrogen) atoms. The Morgan fingerprint density at radius 2 is 2.06 bits per heavy atom. The number of aromatic nitrogens is 6. The molecule has 0 bridgehead atoms. The summed E-state index contributed by atoms with van der Waals surface area (Å²) in [5.41, 5.74) is 12.9. The molecular formula is C23H20N8O. The van der Waals surface area contributed by atoms with E-state index in [4.69, 9.17) is 10.8 Å². The third kappa shape index (κ3) is 2.97. The van der Waals surface area contributed by atoms with E-state index in [-0.39, 0.29) is 0 Å². The highest BCUT2D eigenvalue weighted by Crippen LogP contribution is 2.31. The summed E-state index contributed by atoms with van der Waals surface area (Å²) in [4.78, 5) is 29.2. The second kappa shape index (κ2) is 7.16. The molecule has 3 N–H and O–H groups in total. The van der Waals surface area contributed by atoms with Crippen LogP contribution in [0.25, 0.3) is 33.3 Å². The van der Waals surface area contributed by atoms with Crippen LogP contribution in [0.2, 0.25) is 0 Å². The van der Waals surface area contributed by atoms with E-state index in [1.807, 2.05) is 23.0 Å². The first kappa shape index (κ1) is 18.5. The summed E-state index contributed by atoms with van der Waals surface area (Å²) < 4.78 is 1.87. The van der Waals surface area contributed by atoms with Gasteiger partial charge in [0.25, 0.3) is 0 Å². The normalized spacial score (nSPS) is 13.6. The minimum Gasteiger partial charge on any atom is -0.383 e. The zero-order valence-electron chi connectivity index (χ0n) is 17.2. The summed E-state index contributed by atoms with van der Waals surface area (Å²) in [5, 5.41) is 6.60. The minimum absolute atomic E-state index is 0.393. The Balaban J connectivity index is 1.42. The number of rotatable bonds is 4. The Morgan fingerprint density at radius 3 is 2.97 bits per heavy atom. The first-order chi connectivity index (χ1) is 15.7. The van der Waals surface area contributed by atoms with Crippen molar-refractivity contribution in [2.24, 2.45) is 0 Å². The number of hydrogen-bond acceptors (Lipinski definition) is 6. The third-order valence-electron chi connectivity index (χ3n) is 6.03. The Hall–Kier alpha value is -4.27. The standard InChI is InChI=1S/C23H20N8O/c24-21-19-20(18-8-16-3-5-25-22(16)26-9-18)29-31(23(19)28-12-27-21)10-14-1-2-17-11-30(13-32)6-4-15(17)7-14/h1-3,5,7-9,12-13H,4,6,10-11H2,(H,25,26)(H2,24,27,28). The van der Waals surface area contributed by atoms with Gasteiger partial charge in [-0.15, -0.1) is 0 Å². The molecular weight excluding hydrogens is 404 g/mol. The number of nitrogens with one attached hydrogen (secondary N) is 1. The van der Waals surface area contributed by atoms with Crippen LogP contribution in [-0.2, 0) is 24.3 Å². The maximum absolute atomic E-state index is 11.1. The van der Waals surface area contributed by atoms with Crippen LogP contribution in [0.1, 0.15) is 16.7 Å². The van der Waals surface area contributed by atoms with Gasteiger partial charge in [0, 0.05) is 36.4 Å². The van der Waals surface area contributed by atoms with E-state index in [9.17, 15) is 4.79 Å². The van der Waals surface area contributed by atoms with Crippen molar-refractivity contribution in [1.29, 1.82) is 0 Å². The monoisotopic (exact) mass is 424 g/mol. The smallest absolute Gasteiger partial charge is 0.210 e. The molecule has 4 aromatic heterocycles. The molecule has 0 aliphatic carbocycles. The Kier molecular flexibility index (Phi) is 4.14. The topological polar surface area (TPSA) is 119 Å². The Labute approximate surface area is 182 Å². The van der Waals surface area contributed by atoms with Gasteiger partial charge in [-0.1, -0.05) is 18.2 Å². The predicted molar refractivity (Wildman–Crippen MR) is 121 cm³/mol. The number of aromatic amines is 1. The molecule has 158 valence electrons. The van der Waals surface area contributed by atoms with Gasteiger partial charge in [0.15, 0.2) is 5.65 Å². The van der Waals surface area contributed by atoms with Gasteiger partial charge < -0.3 is 15.6 Å². The number of amides is 1. The number of fused-ring (bicyclic) bond motifs is 3. The summed E-state index contributed by atoms with van der Waals surface area (Å²) >= 11 is 0. The minimum atomic E-state index is 0.393. The molecule has 0 radical (unpaired) electrons. The summed E-state index contributed by atoms with van der Waals surface area (Å²) in [7, 11) is 0. The van der Waals surface area contributed by atoms with E-state index in [2.05, 4.69) is 38.1 Å². The van der Waals surface area contributed by atoms with Crippen LogP contribution in [0.3, 0.4) is 0 Å². The maximum atomic E-state index is 11.1. The lowest BCUT2D eigenvalue weighted by atomic mass is 9.97. The molecule has 0 saturated heterocycles. The lowest BCUT2D eigenvalue weighted by molar-refractivity contribution is -0.118. The molecule has 0 saturated carbocycles. The number of nitrogen functional groups attached to an aromatic ring is 1. The van der Waals surface area contributed by atoms with E-state index >= 15 is 0 Å². The van der Waals surface area contributed by atoms with E-state index < -0.39 is 0 Å². The molecule has 5 heterocycles. The second-order valence-corrected chi connectivity index (χ2v) is 8.03. The van der Waals surface area contributed by atoms with Gasteiger partial charge in [-0.3, -0.25) is 4.79 Å². The van der Waals surface area contributed by atoms with Crippen molar-refractivity contribution in [2.75, 3.05) is 12.3 Å². The summed E-state index contributed by atoms with van der Waals surface area (Å²) in [6, 6.07) is 10.4. The molecule has 1 aliphatic rings. The average Bonchev–Trinajstić information content (AvgIpc) is 3.44. The molecule has 9 heteroatoms. The van der Waals surface area contributed by atoms with E-state index in [0.717, 1.165) is 46.9 Å². The van der Waals surface area contributed by atoms with Gasteiger partial charge in [0.2, 0.25) is 6.41 Å². The van der Waals surface area contributed by atoms with E-state index in [1.165, 1.54) is 17.5 Å². The molecule has 0 unspecified atom stereocenters. The number of pyridine rings is 1. The third-order valence-corrected chi connectivity index (χ3v) is 6.03. The Bertz CT molecular complexity index is 1480. The fourth-order valence-corrected chi connectivity index (χ4v) is 4.40. The van der Waals surface area contributed by atoms with Gasteiger partial charge in [0.1, 0.15) is 23.5 Å². The summed E-state index contributed by atoms with van der Waals surface area (Å²) in [6.07, 6.45) is 6.88. The highest BCUT2D eigenvalue weighted by atomic mass is 16.1. The van der Waals surface area contributed by atoms with Gasteiger partial charge in [0.05, 0.1) is 11.9 Å². The van der Waals surface area contributed by atoms with Gasteiger partial charge in [-0.2, -0.15) is 5.10 Å². The van der Waals surface area contributed by atoms with Crippen molar-refractivity contribution in [1.82, 2.24) is 34.6 Å². The second-order valence-electron chi connectivity index (χ2n) is 8.03. The predicted octanol–water partition coefficient (Wildman–Crippen LogP) is 2.51. The first-order valence-corrected chi connectivity index (χ1v) is 10.4. The van der Waals surface area contributed by atoms with Crippen LogP contribution in [0.4, 0.5) is 5.82 Å². The number of nitrogens with two attached hydrogens (primary N) is 1. The van der Waals surface area contributed by atoms with Crippen molar-refractivity contribution in [3.8, 4) is 11.3 Å². The average molecular weight is 424 g/mol. The van der Waals surface area contributed by atoms with Crippen molar-refractivity contribution in [2.45, 2.75) is 19.5 Å². The van der Waals surface area contributed by atoms with Crippen LogP contribution in [-0.4, -0.2) is 47.6 Å². The highest BCUT2D eigenvalue weighted by Gasteiger charge is 2.19. The maximum Gasteiger partial charge on any atom is 0.210 e. The number of anilines is 1. The molecule has 9 nitrogen and oxygen atoms in total. The quantitative estimate of drug-likeness (QED) is 0.428. The van der Waals surface area contributed by atoms with Crippen molar-refractivity contribution in [3.05, 3.63) is 65.7 Å². The molecule has 5 aromatic rings. The van der Waals surface area contributed by atoms with E-state index in [0.29, 0.717) is 30.2 Å². The van der Waals surface area contributed by atoms with Crippen molar-refractivity contribution in [3.63, 3.8) is 0 Å². The molecule has 1 amide bonds. The lowest BCUT2D eigenvalue weighted by Gasteiger charge is -2.25. The van der Waals surface area contributed by atoms with Crippen LogP contribution in [0.5, 0.6) is 0 Å². The number of H-pyrrole nitrogens is 1. The number of nitrogens with zero attached hydrogens (tertiary/aromatic N) is 6. The highest BCUT2D eigenvalue weighted by molar-refractivity contribution is 5.99. The lowest BCUT2D eigenvalue weighted by Crippen LogP contribution is -2.29. The van der Waals surface area contributed by atoms with E-state index in [1.54, 1.807) is 11.1 Å². The summed E-state index contributed by atoms with van der Waals surface area (Å²) in [5.74, 6) is 0.393. The van der Waals surface area contributed by atoms with Crippen LogP contribution in [0.15, 0.2) is 49.1 Å². The van der Waals surface area contributed by atoms with Gasteiger partial charge >= 0.3 is 0 Å². The van der Waals surface area contributed by atoms with Crippen LogP contribution in [0, 0.1) is 0 Å². The summed E-state index contributed by atoms with van der Waals surface area (Å²) in [6.45, 7) is 1.96. The van der Waals surface area contributed by atoms with Gasteiger partial charge in [-0.25, -0.2) is 19.6 Å². The fourth-order valence-electron chi connectivity index (χ4n) is 4.40. The van der Waals surface area contributed by atoms with Crippen molar-refractivity contribution >= 4 is 34.3 Å². The number of benzene rings is 1. The first-order valence-electron chi connectivity index (χ1n) is 10.4. The largest absolute Gasteiger partial charge is 0.383 e. The Morgan fingerprint density at radius 1 is 1.12 bits per heavy atom. The number of carbonyl (C=O) groups is 1. The zero-order chi connectivity index (χ0) is 21.7. The number of carbonyl (C=O) groups excluding carboxylic acids is 1.